The largest absolute Gasteiger partial charge is 0.0613 e. The number of hydrogen-bond donors (Lipinski definition) is 0. The Morgan fingerprint density at radius 2 is 0.800 bits per heavy atom. The molecule has 0 radical (unpaired) electrons. The van der Waals surface area contributed by atoms with Crippen molar-refractivity contribution in [3.8, 4) is 22.3 Å². The standard InChI is InChI=1S/C30H38/c1-19(2)25-14-10-16-27(29(25)21(5)6)23-12-9-13-24(18-23)28-17-11-15-26(20(3)4)30(28)22(7)8/h9-22H,1-8H3. The summed E-state index contributed by atoms with van der Waals surface area (Å²) in [5.74, 6) is 2.05. The zero-order valence-corrected chi connectivity index (χ0v) is 20.1. The Kier molecular flexibility index (Phi) is 6.86. The van der Waals surface area contributed by atoms with Crippen molar-refractivity contribution in [3.63, 3.8) is 0 Å². The van der Waals surface area contributed by atoms with Crippen LogP contribution in [0.4, 0.5) is 0 Å². The second-order valence-corrected chi connectivity index (χ2v) is 9.82. The van der Waals surface area contributed by atoms with E-state index in [0.717, 1.165) is 0 Å². The van der Waals surface area contributed by atoms with E-state index in [4.69, 9.17) is 0 Å². The van der Waals surface area contributed by atoms with Crippen LogP contribution in [0.25, 0.3) is 22.3 Å². The molecule has 0 saturated heterocycles. The van der Waals surface area contributed by atoms with Crippen LogP contribution in [0.3, 0.4) is 0 Å². The Morgan fingerprint density at radius 3 is 1.13 bits per heavy atom. The summed E-state index contributed by atoms with van der Waals surface area (Å²) in [6, 6.07) is 22.8. The lowest BCUT2D eigenvalue weighted by atomic mass is 9.82. The number of rotatable bonds is 6. The molecule has 0 aliphatic heterocycles. The lowest BCUT2D eigenvalue weighted by Gasteiger charge is -2.22. The molecule has 3 aromatic rings. The minimum Gasteiger partial charge on any atom is -0.0613 e. The summed E-state index contributed by atoms with van der Waals surface area (Å²) < 4.78 is 0. The van der Waals surface area contributed by atoms with Gasteiger partial charge in [-0.2, -0.15) is 0 Å². The fourth-order valence-electron chi connectivity index (χ4n) is 4.82. The minimum atomic E-state index is 0.498. The molecule has 0 heteroatoms. The molecule has 0 unspecified atom stereocenters. The van der Waals surface area contributed by atoms with Gasteiger partial charge < -0.3 is 0 Å². The molecule has 0 spiro atoms. The second kappa shape index (κ2) is 9.21. The zero-order valence-electron chi connectivity index (χ0n) is 20.1. The van der Waals surface area contributed by atoms with Crippen LogP contribution in [0.15, 0.2) is 60.7 Å². The molecule has 0 saturated carbocycles. The molecule has 0 atom stereocenters. The van der Waals surface area contributed by atoms with E-state index >= 15 is 0 Å². The van der Waals surface area contributed by atoms with Crippen molar-refractivity contribution >= 4 is 0 Å². The fraction of sp³-hybridized carbons (Fsp3) is 0.400. The first-order valence-electron chi connectivity index (χ1n) is 11.6. The third-order valence-electron chi connectivity index (χ3n) is 6.16. The maximum Gasteiger partial charge on any atom is -0.0146 e. The SMILES string of the molecule is CC(C)c1cccc(-c2cccc(-c3cccc(C(C)C)c3C(C)C)c2)c1C(C)C. The van der Waals surface area contributed by atoms with Crippen molar-refractivity contribution in [3.05, 3.63) is 82.9 Å². The van der Waals surface area contributed by atoms with Crippen LogP contribution in [0, 0.1) is 0 Å². The Balaban J connectivity index is 2.21. The molecule has 0 nitrogen and oxygen atoms in total. The van der Waals surface area contributed by atoms with E-state index in [1.165, 1.54) is 44.5 Å². The van der Waals surface area contributed by atoms with Crippen LogP contribution in [-0.4, -0.2) is 0 Å². The van der Waals surface area contributed by atoms with Gasteiger partial charge in [-0.1, -0.05) is 110 Å². The number of hydrogen-bond acceptors (Lipinski definition) is 0. The highest BCUT2D eigenvalue weighted by Crippen LogP contribution is 2.39. The van der Waals surface area contributed by atoms with Crippen LogP contribution in [-0.2, 0) is 0 Å². The monoisotopic (exact) mass is 398 g/mol. The van der Waals surface area contributed by atoms with Crippen LogP contribution >= 0.6 is 0 Å². The molecular formula is C30H38. The van der Waals surface area contributed by atoms with Crippen molar-refractivity contribution in [2.24, 2.45) is 0 Å². The van der Waals surface area contributed by atoms with E-state index in [1.54, 1.807) is 0 Å². The van der Waals surface area contributed by atoms with Gasteiger partial charge in [-0.3, -0.25) is 0 Å². The normalized spacial score (nSPS) is 11.9. The molecule has 0 fully saturated rings. The predicted molar refractivity (Wildman–Crippen MR) is 134 cm³/mol. The molecular weight excluding hydrogens is 360 g/mol. The molecule has 0 aliphatic rings. The lowest BCUT2D eigenvalue weighted by Crippen LogP contribution is -2.02. The van der Waals surface area contributed by atoms with E-state index in [2.05, 4.69) is 116 Å². The lowest BCUT2D eigenvalue weighted by molar-refractivity contribution is 0.791. The topological polar surface area (TPSA) is 0 Å². The Bertz CT molecular complexity index is 924. The van der Waals surface area contributed by atoms with E-state index in [-0.39, 0.29) is 0 Å². The number of benzene rings is 3. The van der Waals surface area contributed by atoms with Gasteiger partial charge in [0.25, 0.3) is 0 Å². The Morgan fingerprint density at radius 1 is 0.433 bits per heavy atom. The molecule has 0 aliphatic carbocycles. The van der Waals surface area contributed by atoms with Gasteiger partial charge in [0.2, 0.25) is 0 Å². The van der Waals surface area contributed by atoms with Crippen molar-refractivity contribution in [2.75, 3.05) is 0 Å². The molecule has 0 bridgehead atoms. The summed E-state index contributed by atoms with van der Waals surface area (Å²) in [5, 5.41) is 0. The molecule has 3 aromatic carbocycles. The fourth-order valence-corrected chi connectivity index (χ4v) is 4.82. The van der Waals surface area contributed by atoms with Gasteiger partial charge in [0, 0.05) is 0 Å². The van der Waals surface area contributed by atoms with Crippen LogP contribution in [0.5, 0.6) is 0 Å². The molecule has 0 heterocycles. The van der Waals surface area contributed by atoms with Gasteiger partial charge in [0.05, 0.1) is 0 Å². The third-order valence-corrected chi connectivity index (χ3v) is 6.16. The molecule has 0 N–H and O–H groups in total. The van der Waals surface area contributed by atoms with Crippen molar-refractivity contribution in [1.82, 2.24) is 0 Å². The molecule has 158 valence electrons. The van der Waals surface area contributed by atoms with Gasteiger partial charge >= 0.3 is 0 Å². The van der Waals surface area contributed by atoms with E-state index in [9.17, 15) is 0 Å². The molecule has 3 rings (SSSR count). The molecule has 30 heavy (non-hydrogen) atoms. The highest BCUT2D eigenvalue weighted by Gasteiger charge is 2.18. The second-order valence-electron chi connectivity index (χ2n) is 9.82. The Hall–Kier alpha value is -2.34. The first-order valence-corrected chi connectivity index (χ1v) is 11.6. The summed E-state index contributed by atoms with van der Waals surface area (Å²) in [6.45, 7) is 18.5. The van der Waals surface area contributed by atoms with Gasteiger partial charge in [-0.25, -0.2) is 0 Å². The summed E-state index contributed by atoms with van der Waals surface area (Å²) in [4.78, 5) is 0. The van der Waals surface area contributed by atoms with E-state index in [0.29, 0.717) is 23.7 Å². The highest BCUT2D eigenvalue weighted by molar-refractivity contribution is 5.78. The van der Waals surface area contributed by atoms with Gasteiger partial charge in [0.1, 0.15) is 0 Å². The van der Waals surface area contributed by atoms with Crippen molar-refractivity contribution in [2.45, 2.75) is 79.1 Å². The predicted octanol–water partition coefficient (Wildman–Crippen LogP) is 9.51. The first kappa shape index (κ1) is 22.3. The maximum atomic E-state index is 2.40. The summed E-state index contributed by atoms with van der Waals surface area (Å²) in [5.41, 5.74) is 11.3. The zero-order chi connectivity index (χ0) is 22.0. The molecule has 0 amide bonds. The smallest absolute Gasteiger partial charge is 0.0146 e. The van der Waals surface area contributed by atoms with Crippen molar-refractivity contribution < 1.29 is 0 Å². The Labute approximate surface area is 184 Å². The quantitative estimate of drug-likeness (QED) is 0.388. The molecule has 0 aromatic heterocycles. The van der Waals surface area contributed by atoms with Crippen LogP contribution < -0.4 is 0 Å². The maximum absolute atomic E-state index is 2.40. The van der Waals surface area contributed by atoms with Crippen LogP contribution in [0.1, 0.15) is 101 Å². The van der Waals surface area contributed by atoms with Crippen molar-refractivity contribution in [1.29, 1.82) is 0 Å². The van der Waals surface area contributed by atoms with Gasteiger partial charge in [-0.05, 0) is 74.2 Å². The summed E-state index contributed by atoms with van der Waals surface area (Å²) >= 11 is 0. The van der Waals surface area contributed by atoms with Gasteiger partial charge in [-0.15, -0.1) is 0 Å². The van der Waals surface area contributed by atoms with Gasteiger partial charge in [0.15, 0.2) is 0 Å². The van der Waals surface area contributed by atoms with Crippen LogP contribution in [0.2, 0.25) is 0 Å². The first-order chi connectivity index (χ1) is 14.2. The summed E-state index contributed by atoms with van der Waals surface area (Å²) in [7, 11) is 0. The third kappa shape index (κ3) is 4.38. The highest BCUT2D eigenvalue weighted by atomic mass is 14.2. The van der Waals surface area contributed by atoms with E-state index < -0.39 is 0 Å². The average molecular weight is 399 g/mol. The van der Waals surface area contributed by atoms with E-state index in [1.807, 2.05) is 0 Å². The summed E-state index contributed by atoms with van der Waals surface area (Å²) in [6.07, 6.45) is 0. The average Bonchev–Trinajstić information content (AvgIpc) is 2.72. The minimum absolute atomic E-state index is 0.498.